The van der Waals surface area contributed by atoms with Crippen LogP contribution in [-0.2, 0) is 10.0 Å². The Morgan fingerprint density at radius 3 is 2.55 bits per heavy atom. The Bertz CT molecular complexity index is 1400. The number of allylic oxidation sites excluding steroid dienone is 4. The summed E-state index contributed by atoms with van der Waals surface area (Å²) in [6.45, 7) is 3.51. The van der Waals surface area contributed by atoms with Gasteiger partial charge in [0.1, 0.15) is 11.7 Å². The summed E-state index contributed by atoms with van der Waals surface area (Å²) in [4.78, 5) is 8.89. The van der Waals surface area contributed by atoms with E-state index in [0.29, 0.717) is 28.4 Å². The predicted octanol–water partition coefficient (Wildman–Crippen LogP) is 3.94. The quantitative estimate of drug-likeness (QED) is 0.637. The fraction of sp³-hybridized carbons (Fsp3) is 0.261. The lowest BCUT2D eigenvalue weighted by Crippen LogP contribution is -2.30. The molecule has 1 N–H and O–H groups in total. The summed E-state index contributed by atoms with van der Waals surface area (Å²) in [6, 6.07) is 7.35. The molecule has 0 aliphatic heterocycles. The van der Waals surface area contributed by atoms with E-state index in [9.17, 15) is 13.7 Å². The van der Waals surface area contributed by atoms with Crippen molar-refractivity contribution >= 4 is 26.8 Å². The Hall–Kier alpha value is -3.28. The van der Waals surface area contributed by atoms with Crippen LogP contribution in [0.15, 0.2) is 53.8 Å². The summed E-state index contributed by atoms with van der Waals surface area (Å²) in [6.07, 6.45) is 11.6. The minimum atomic E-state index is -3.69. The van der Waals surface area contributed by atoms with E-state index in [1.54, 1.807) is 19.9 Å². The van der Waals surface area contributed by atoms with Gasteiger partial charge >= 0.3 is 0 Å². The van der Waals surface area contributed by atoms with Crippen molar-refractivity contribution < 1.29 is 8.42 Å². The van der Waals surface area contributed by atoms with E-state index in [1.807, 2.05) is 29.0 Å². The van der Waals surface area contributed by atoms with Crippen LogP contribution in [0, 0.1) is 11.3 Å². The number of nitriles is 1. The van der Waals surface area contributed by atoms with Gasteiger partial charge < -0.3 is 0 Å². The second-order valence-corrected chi connectivity index (χ2v) is 9.86. The lowest BCUT2D eigenvalue weighted by atomic mass is 10.1. The summed E-state index contributed by atoms with van der Waals surface area (Å²) >= 11 is 0. The molecule has 0 atom stereocenters. The van der Waals surface area contributed by atoms with Gasteiger partial charge in [0.05, 0.1) is 11.3 Å². The standard InChI is InChI=1S/C23H21N5O2S/c1-14(2)27-31(29,30)21-9-8-16(12-25-21)22-20(11-24)19-10-17(15-6-7-15)13-26-23(19)28(22)18-4-3-5-18/h3-5,8-10,12-15,27H,6-7H2,1-2H3. The zero-order chi connectivity index (χ0) is 21.8. The molecule has 8 heteroatoms. The maximum atomic E-state index is 12.4. The van der Waals surface area contributed by atoms with E-state index in [-0.39, 0.29) is 11.1 Å². The Morgan fingerprint density at radius 2 is 2.00 bits per heavy atom. The van der Waals surface area contributed by atoms with E-state index < -0.39 is 10.0 Å². The summed E-state index contributed by atoms with van der Waals surface area (Å²) in [5.41, 5.74) is 4.64. The molecule has 5 rings (SSSR count). The summed E-state index contributed by atoms with van der Waals surface area (Å²) in [5.74, 6) is 0.526. The van der Waals surface area contributed by atoms with Gasteiger partial charge in [-0.25, -0.2) is 23.1 Å². The van der Waals surface area contributed by atoms with Gasteiger partial charge in [0.25, 0.3) is 10.0 Å². The van der Waals surface area contributed by atoms with Crippen LogP contribution in [0.4, 0.5) is 0 Å². The number of sulfonamides is 1. The maximum absolute atomic E-state index is 12.4. The predicted molar refractivity (Wildman–Crippen MR) is 119 cm³/mol. The van der Waals surface area contributed by atoms with Gasteiger partial charge in [-0.15, -0.1) is 0 Å². The fourth-order valence-electron chi connectivity index (χ4n) is 3.84. The van der Waals surface area contributed by atoms with Crippen LogP contribution in [0.25, 0.3) is 28.0 Å². The second-order valence-electron chi connectivity index (χ2n) is 8.20. The largest absolute Gasteiger partial charge is 0.292 e. The summed E-state index contributed by atoms with van der Waals surface area (Å²) < 4.78 is 29.3. The van der Waals surface area contributed by atoms with Crippen LogP contribution in [0.3, 0.4) is 0 Å². The zero-order valence-electron chi connectivity index (χ0n) is 17.2. The average Bonchev–Trinajstić information content (AvgIpc) is 3.49. The summed E-state index contributed by atoms with van der Waals surface area (Å²) in [5, 5.41) is 10.8. The van der Waals surface area contributed by atoms with Crippen molar-refractivity contribution in [2.75, 3.05) is 0 Å². The van der Waals surface area contributed by atoms with Gasteiger partial charge in [0, 0.05) is 35.1 Å². The Balaban J connectivity index is 1.68. The highest BCUT2D eigenvalue weighted by molar-refractivity contribution is 7.89. The first-order valence-corrected chi connectivity index (χ1v) is 11.7. The van der Waals surface area contributed by atoms with E-state index in [0.717, 1.165) is 29.5 Å². The number of hydrogen-bond donors (Lipinski definition) is 1. The lowest BCUT2D eigenvalue weighted by molar-refractivity contribution is 0.566. The van der Waals surface area contributed by atoms with Crippen LogP contribution in [-0.4, -0.2) is 29.0 Å². The van der Waals surface area contributed by atoms with Gasteiger partial charge in [-0.05, 0) is 68.5 Å². The van der Waals surface area contributed by atoms with Crippen molar-refractivity contribution in [1.82, 2.24) is 19.3 Å². The topological polar surface area (TPSA) is 101 Å². The lowest BCUT2D eigenvalue weighted by Gasteiger charge is -2.15. The van der Waals surface area contributed by atoms with Crippen molar-refractivity contribution in [1.29, 1.82) is 5.26 Å². The molecule has 7 nitrogen and oxygen atoms in total. The Kier molecular flexibility index (Phi) is 4.54. The van der Waals surface area contributed by atoms with Gasteiger partial charge in [0.2, 0.25) is 0 Å². The minimum Gasteiger partial charge on any atom is -0.292 e. The number of rotatable bonds is 6. The van der Waals surface area contributed by atoms with Crippen molar-refractivity contribution in [3.8, 4) is 17.3 Å². The third-order valence-corrected chi connectivity index (χ3v) is 7.03. The molecule has 0 bridgehead atoms. The van der Waals surface area contributed by atoms with Crippen LogP contribution < -0.4 is 4.72 Å². The highest BCUT2D eigenvalue weighted by atomic mass is 32.2. The number of hydrogen-bond acceptors (Lipinski definition) is 5. The number of aromatic nitrogens is 3. The molecule has 0 amide bonds. The molecule has 1 fully saturated rings. The normalized spacial score (nSPS) is 15.7. The Labute approximate surface area is 180 Å². The SMILES string of the molecule is CC(C)NS(=O)(=O)c1ccc(-c2c(C#N)c3cc(C4CC4)cnc3n2C2=CC=C2)cn1. The third-order valence-electron chi connectivity index (χ3n) is 5.46. The second kappa shape index (κ2) is 7.15. The molecular formula is C23H21N5O2S. The minimum absolute atomic E-state index is 0.0528. The number of nitrogens with one attached hydrogen (secondary N) is 1. The van der Waals surface area contributed by atoms with Gasteiger partial charge in [0.15, 0.2) is 5.03 Å². The molecule has 31 heavy (non-hydrogen) atoms. The van der Waals surface area contributed by atoms with Crippen molar-refractivity contribution in [3.05, 3.63) is 59.9 Å². The molecule has 2 aliphatic rings. The fourth-order valence-corrected chi connectivity index (χ4v) is 5.02. The van der Waals surface area contributed by atoms with E-state index in [2.05, 4.69) is 21.8 Å². The van der Waals surface area contributed by atoms with Gasteiger partial charge in [-0.2, -0.15) is 5.26 Å². The molecule has 1 saturated carbocycles. The highest BCUT2D eigenvalue weighted by Gasteiger charge is 2.28. The van der Waals surface area contributed by atoms with Crippen molar-refractivity contribution in [2.45, 2.75) is 43.7 Å². The Morgan fingerprint density at radius 1 is 1.23 bits per heavy atom. The molecule has 0 spiro atoms. The molecule has 156 valence electrons. The average molecular weight is 432 g/mol. The van der Waals surface area contributed by atoms with Gasteiger partial charge in [-0.3, -0.25) is 4.57 Å². The first kappa shape index (κ1) is 19.7. The molecule has 0 aromatic carbocycles. The van der Waals surface area contributed by atoms with Crippen molar-refractivity contribution in [2.24, 2.45) is 0 Å². The highest BCUT2D eigenvalue weighted by Crippen LogP contribution is 2.43. The van der Waals surface area contributed by atoms with Crippen LogP contribution in [0.2, 0.25) is 0 Å². The molecule has 3 aromatic heterocycles. The molecule has 0 unspecified atom stereocenters. The van der Waals surface area contributed by atoms with Crippen LogP contribution in [0.1, 0.15) is 43.7 Å². The first-order chi connectivity index (χ1) is 14.9. The molecule has 0 radical (unpaired) electrons. The molecule has 3 aromatic rings. The number of fused-ring (bicyclic) bond motifs is 1. The van der Waals surface area contributed by atoms with Crippen LogP contribution in [0.5, 0.6) is 0 Å². The number of nitrogens with zero attached hydrogens (tertiary/aromatic N) is 4. The monoisotopic (exact) mass is 431 g/mol. The first-order valence-electron chi connectivity index (χ1n) is 10.2. The third kappa shape index (κ3) is 3.36. The zero-order valence-corrected chi connectivity index (χ0v) is 18.0. The van der Waals surface area contributed by atoms with E-state index in [1.165, 1.54) is 12.3 Å². The molecule has 0 saturated heterocycles. The molecular weight excluding hydrogens is 410 g/mol. The van der Waals surface area contributed by atoms with E-state index >= 15 is 0 Å². The van der Waals surface area contributed by atoms with Crippen molar-refractivity contribution in [3.63, 3.8) is 0 Å². The molecule has 2 aliphatic carbocycles. The maximum Gasteiger partial charge on any atom is 0.258 e. The van der Waals surface area contributed by atoms with Crippen LogP contribution >= 0.6 is 0 Å². The smallest absolute Gasteiger partial charge is 0.258 e. The number of pyridine rings is 2. The van der Waals surface area contributed by atoms with Gasteiger partial charge in [-0.1, -0.05) is 6.08 Å². The van der Waals surface area contributed by atoms with E-state index in [4.69, 9.17) is 4.98 Å². The molecule has 3 heterocycles. The summed E-state index contributed by atoms with van der Waals surface area (Å²) in [7, 11) is -3.69.